The Balaban J connectivity index is 1.56. The summed E-state index contributed by atoms with van der Waals surface area (Å²) in [7, 11) is 1.31. The summed E-state index contributed by atoms with van der Waals surface area (Å²) < 4.78 is 10.1. The zero-order valence-corrected chi connectivity index (χ0v) is 13.6. The van der Waals surface area contributed by atoms with E-state index < -0.39 is 23.9 Å². The zero-order chi connectivity index (χ0) is 18.0. The van der Waals surface area contributed by atoms with Crippen LogP contribution in [0.25, 0.3) is 0 Å². The molecule has 8 heteroatoms. The molecule has 8 nitrogen and oxygen atoms in total. The predicted octanol–water partition coefficient (Wildman–Crippen LogP) is 1.24. The minimum Gasteiger partial charge on any atom is -0.469 e. The van der Waals surface area contributed by atoms with Gasteiger partial charge < -0.3 is 14.3 Å². The zero-order valence-electron chi connectivity index (χ0n) is 13.6. The number of nitrogens with zero attached hydrogens (tertiary/aromatic N) is 1. The van der Waals surface area contributed by atoms with Crippen molar-refractivity contribution in [1.82, 2.24) is 5.06 Å². The summed E-state index contributed by atoms with van der Waals surface area (Å²) in [5.74, 6) is -2.49. The van der Waals surface area contributed by atoms with Crippen LogP contribution < -0.4 is 0 Å². The third kappa shape index (κ3) is 3.39. The van der Waals surface area contributed by atoms with E-state index in [1.54, 1.807) is 12.1 Å². The lowest BCUT2D eigenvalue weighted by Crippen LogP contribution is -2.37. The average molecular weight is 347 g/mol. The van der Waals surface area contributed by atoms with Gasteiger partial charge in [0.05, 0.1) is 24.3 Å². The van der Waals surface area contributed by atoms with Crippen molar-refractivity contribution in [2.75, 3.05) is 7.11 Å². The Bertz CT molecular complexity index is 694. The molecule has 2 atom stereocenters. The van der Waals surface area contributed by atoms with Crippen LogP contribution in [-0.4, -0.2) is 48.1 Å². The second-order valence-corrected chi connectivity index (χ2v) is 5.80. The van der Waals surface area contributed by atoms with Crippen molar-refractivity contribution in [3.63, 3.8) is 0 Å². The molecule has 2 aliphatic rings. The Morgan fingerprint density at radius 3 is 2.40 bits per heavy atom. The number of carbonyl (C=O) groups is 4. The van der Waals surface area contributed by atoms with Gasteiger partial charge in [-0.25, -0.2) is 4.79 Å². The van der Waals surface area contributed by atoms with Crippen LogP contribution in [0, 0.1) is 0 Å². The molecule has 0 spiro atoms. The molecular weight excluding hydrogens is 330 g/mol. The van der Waals surface area contributed by atoms with Crippen LogP contribution in [0.5, 0.6) is 0 Å². The molecule has 1 aromatic carbocycles. The summed E-state index contributed by atoms with van der Waals surface area (Å²) in [6.07, 6.45) is 0.475. The van der Waals surface area contributed by atoms with Crippen molar-refractivity contribution in [2.45, 2.75) is 37.9 Å². The third-order valence-electron chi connectivity index (χ3n) is 4.21. The van der Waals surface area contributed by atoms with E-state index >= 15 is 0 Å². The van der Waals surface area contributed by atoms with Crippen molar-refractivity contribution in [2.24, 2.45) is 0 Å². The topological polar surface area (TPSA) is 99.2 Å². The van der Waals surface area contributed by atoms with Crippen molar-refractivity contribution in [3.8, 4) is 0 Å². The highest BCUT2D eigenvalue weighted by molar-refractivity contribution is 6.20. The van der Waals surface area contributed by atoms with Gasteiger partial charge in [-0.2, -0.15) is 0 Å². The fourth-order valence-corrected chi connectivity index (χ4v) is 2.87. The molecule has 0 radical (unpaired) electrons. The smallest absolute Gasteiger partial charge is 0.361 e. The molecule has 2 aliphatic heterocycles. The van der Waals surface area contributed by atoms with Gasteiger partial charge in [0.1, 0.15) is 0 Å². The molecule has 0 saturated carbocycles. The third-order valence-corrected chi connectivity index (χ3v) is 4.21. The number of fused-ring (bicyclic) bond motifs is 1. The van der Waals surface area contributed by atoms with Gasteiger partial charge in [0, 0.05) is 6.42 Å². The normalized spacial score (nSPS) is 22.0. The Kier molecular flexibility index (Phi) is 4.80. The summed E-state index contributed by atoms with van der Waals surface area (Å²) in [5.41, 5.74) is 0.396. The average Bonchev–Trinajstić information content (AvgIpc) is 3.19. The lowest BCUT2D eigenvalue weighted by molar-refractivity contribution is -0.181. The largest absolute Gasteiger partial charge is 0.469 e. The number of benzene rings is 1. The second-order valence-electron chi connectivity index (χ2n) is 5.80. The summed E-state index contributed by atoms with van der Waals surface area (Å²) >= 11 is 0. The van der Waals surface area contributed by atoms with E-state index in [4.69, 9.17) is 9.57 Å². The Morgan fingerprint density at radius 2 is 1.80 bits per heavy atom. The first-order chi connectivity index (χ1) is 12.0. The fraction of sp³-hybridized carbons (Fsp3) is 0.412. The first kappa shape index (κ1) is 17.1. The van der Waals surface area contributed by atoms with Crippen LogP contribution in [0.15, 0.2) is 24.3 Å². The predicted molar refractivity (Wildman–Crippen MR) is 82.2 cm³/mol. The van der Waals surface area contributed by atoms with Gasteiger partial charge in [-0.15, -0.1) is 0 Å². The number of carbonyl (C=O) groups excluding carboxylic acids is 4. The van der Waals surface area contributed by atoms with Gasteiger partial charge in [-0.3, -0.25) is 14.4 Å². The van der Waals surface area contributed by atoms with Crippen LogP contribution in [0.4, 0.5) is 0 Å². The Morgan fingerprint density at radius 1 is 1.16 bits per heavy atom. The summed E-state index contributed by atoms with van der Waals surface area (Å²) in [4.78, 5) is 52.7. The number of rotatable bonds is 5. The number of hydrogen-bond donors (Lipinski definition) is 0. The Hall–Kier alpha value is -2.74. The van der Waals surface area contributed by atoms with Gasteiger partial charge in [-0.1, -0.05) is 17.2 Å². The Labute approximate surface area is 143 Å². The lowest BCUT2D eigenvalue weighted by atomic mass is 10.1. The van der Waals surface area contributed by atoms with E-state index in [2.05, 4.69) is 4.74 Å². The van der Waals surface area contributed by atoms with E-state index in [1.807, 2.05) is 0 Å². The second kappa shape index (κ2) is 7.02. The van der Waals surface area contributed by atoms with Crippen LogP contribution >= 0.6 is 0 Å². The van der Waals surface area contributed by atoms with Crippen LogP contribution in [0.3, 0.4) is 0 Å². The van der Waals surface area contributed by atoms with Gasteiger partial charge >= 0.3 is 11.9 Å². The number of esters is 1. The van der Waals surface area contributed by atoms with Crippen molar-refractivity contribution in [3.05, 3.63) is 35.4 Å². The van der Waals surface area contributed by atoms with Crippen LogP contribution in [0.2, 0.25) is 0 Å². The van der Waals surface area contributed by atoms with E-state index in [9.17, 15) is 19.2 Å². The van der Waals surface area contributed by atoms with Gasteiger partial charge in [0.15, 0.2) is 6.10 Å². The molecule has 2 heterocycles. The maximum absolute atomic E-state index is 12.2. The molecule has 0 bridgehead atoms. The molecule has 132 valence electrons. The summed E-state index contributed by atoms with van der Waals surface area (Å²) in [5, 5.41) is 0.470. The highest BCUT2D eigenvalue weighted by atomic mass is 16.7. The minimum atomic E-state index is -0.869. The summed E-state index contributed by atoms with van der Waals surface area (Å²) in [6, 6.07) is 6.25. The maximum Gasteiger partial charge on any atom is 0.361 e. The molecule has 1 saturated heterocycles. The van der Waals surface area contributed by atoms with E-state index in [0.717, 1.165) is 0 Å². The molecule has 1 fully saturated rings. The van der Waals surface area contributed by atoms with Gasteiger partial charge in [-0.05, 0) is 31.4 Å². The standard InChI is InChI=1S/C17H17NO7/c1-23-14(19)9-7-10-6-8-13(24-10)17(22)25-18-15(20)11-4-2-3-5-12(11)16(18)21/h2-5,10,13H,6-9H2,1H3/t10-,13+/m0/s1. The lowest BCUT2D eigenvalue weighted by Gasteiger charge is -2.16. The molecule has 0 aliphatic carbocycles. The fourth-order valence-electron chi connectivity index (χ4n) is 2.87. The first-order valence-corrected chi connectivity index (χ1v) is 7.93. The molecular formula is C17H17NO7. The number of imide groups is 1. The molecule has 1 aromatic rings. The van der Waals surface area contributed by atoms with Gasteiger partial charge in [0.2, 0.25) is 0 Å². The minimum absolute atomic E-state index is 0.196. The van der Waals surface area contributed by atoms with E-state index in [-0.39, 0.29) is 29.6 Å². The summed E-state index contributed by atoms with van der Waals surface area (Å²) in [6.45, 7) is 0. The van der Waals surface area contributed by atoms with Crippen LogP contribution in [-0.2, 0) is 23.9 Å². The monoisotopic (exact) mass is 347 g/mol. The van der Waals surface area contributed by atoms with Crippen molar-refractivity contribution in [1.29, 1.82) is 0 Å². The number of amides is 2. The molecule has 0 aromatic heterocycles. The highest BCUT2D eigenvalue weighted by Gasteiger charge is 2.41. The number of ether oxygens (including phenoxy) is 2. The molecule has 25 heavy (non-hydrogen) atoms. The molecule has 0 N–H and O–H groups in total. The maximum atomic E-state index is 12.2. The van der Waals surface area contributed by atoms with Crippen molar-refractivity contribution < 1.29 is 33.5 Å². The van der Waals surface area contributed by atoms with Gasteiger partial charge in [0.25, 0.3) is 11.8 Å². The molecule has 2 amide bonds. The van der Waals surface area contributed by atoms with E-state index in [0.29, 0.717) is 24.3 Å². The van der Waals surface area contributed by atoms with Crippen LogP contribution in [0.1, 0.15) is 46.4 Å². The molecule has 0 unspecified atom stereocenters. The van der Waals surface area contributed by atoms with Crippen molar-refractivity contribution >= 4 is 23.8 Å². The van der Waals surface area contributed by atoms with E-state index in [1.165, 1.54) is 19.2 Å². The SMILES string of the molecule is COC(=O)CC[C@@H]1CC[C@H](C(=O)ON2C(=O)c3ccccc3C2=O)O1. The number of methoxy groups -OCH3 is 1. The first-order valence-electron chi connectivity index (χ1n) is 7.93. The number of hydrogen-bond acceptors (Lipinski definition) is 7. The highest BCUT2D eigenvalue weighted by Crippen LogP contribution is 2.27. The quantitative estimate of drug-likeness (QED) is 0.583. The molecule has 3 rings (SSSR count). The number of hydroxylamine groups is 2.